The molecular weight excluding hydrogens is 179 g/mol. The molecule has 0 aliphatic rings. The van der Waals surface area contributed by atoms with E-state index in [2.05, 4.69) is 0 Å². The summed E-state index contributed by atoms with van der Waals surface area (Å²) in [5.41, 5.74) is 0.922. The van der Waals surface area contributed by atoms with Crippen molar-refractivity contribution in [2.75, 3.05) is 0 Å². The molecule has 0 N–H and O–H groups in total. The molecule has 0 radical (unpaired) electrons. The van der Waals surface area contributed by atoms with Gasteiger partial charge in [0.15, 0.2) is 0 Å². The van der Waals surface area contributed by atoms with Gasteiger partial charge >= 0.3 is 0 Å². The predicted molar refractivity (Wildman–Crippen MR) is 45.6 cm³/mol. The molecule has 0 fully saturated rings. The summed E-state index contributed by atoms with van der Waals surface area (Å²) in [6, 6.07) is 6.03. The Morgan fingerprint density at radius 3 is 2.42 bits per heavy atom. The van der Waals surface area contributed by atoms with Crippen molar-refractivity contribution >= 4 is 16.8 Å². The molecule has 0 unspecified atom stereocenters. The zero-order valence-corrected chi connectivity index (χ0v) is 7.14. The Morgan fingerprint density at radius 1 is 1.33 bits per heavy atom. The number of hydrogen-bond donors (Lipinski definition) is 0. The maximum absolute atomic E-state index is 12.4. The van der Waals surface area contributed by atoms with Gasteiger partial charge in [-0.25, -0.2) is 4.39 Å². The van der Waals surface area contributed by atoms with Gasteiger partial charge in [0.1, 0.15) is 5.82 Å². The van der Waals surface area contributed by atoms with E-state index in [1.807, 2.05) is 0 Å². The van der Waals surface area contributed by atoms with E-state index in [-0.39, 0.29) is 11.1 Å². The molecule has 0 saturated carbocycles. The van der Waals surface area contributed by atoms with Crippen molar-refractivity contribution in [2.24, 2.45) is 0 Å². The van der Waals surface area contributed by atoms with Crippen LogP contribution in [-0.4, -0.2) is 5.24 Å². The van der Waals surface area contributed by atoms with Gasteiger partial charge in [-0.2, -0.15) is 0 Å². The van der Waals surface area contributed by atoms with Crippen LogP contribution in [0.1, 0.15) is 12.0 Å². The third-order valence-electron chi connectivity index (χ3n) is 1.52. The first-order valence-corrected chi connectivity index (χ1v) is 3.99. The first-order valence-electron chi connectivity index (χ1n) is 3.61. The van der Waals surface area contributed by atoms with Gasteiger partial charge in [0, 0.05) is 6.42 Å². The van der Waals surface area contributed by atoms with Gasteiger partial charge in [0.2, 0.25) is 5.24 Å². The number of carbonyl (C=O) groups excluding carboxylic acids is 1. The van der Waals surface area contributed by atoms with Crippen LogP contribution in [0.4, 0.5) is 4.39 Å². The first-order chi connectivity index (χ1) is 5.68. The van der Waals surface area contributed by atoms with E-state index >= 15 is 0 Å². The smallest absolute Gasteiger partial charge is 0.221 e. The normalized spacial score (nSPS) is 9.83. The van der Waals surface area contributed by atoms with Gasteiger partial charge in [0.05, 0.1) is 0 Å². The molecule has 12 heavy (non-hydrogen) atoms. The molecule has 0 aliphatic carbocycles. The van der Waals surface area contributed by atoms with E-state index in [4.69, 9.17) is 11.6 Å². The summed E-state index contributed by atoms with van der Waals surface area (Å²) in [5.74, 6) is -0.268. The summed E-state index contributed by atoms with van der Waals surface area (Å²) in [7, 11) is 0. The minimum atomic E-state index is -0.362. The fourth-order valence-corrected chi connectivity index (χ4v) is 0.988. The average molecular weight is 187 g/mol. The molecule has 64 valence electrons. The van der Waals surface area contributed by atoms with Gasteiger partial charge in [-0.1, -0.05) is 12.1 Å². The van der Waals surface area contributed by atoms with Crippen molar-refractivity contribution in [2.45, 2.75) is 12.8 Å². The predicted octanol–water partition coefficient (Wildman–Crippen LogP) is 2.52. The average Bonchev–Trinajstić information content (AvgIpc) is 2.03. The fourth-order valence-electron chi connectivity index (χ4n) is 0.894. The molecule has 0 bridgehead atoms. The Hall–Kier alpha value is -0.890. The molecule has 0 aliphatic heterocycles. The summed E-state index contributed by atoms with van der Waals surface area (Å²) in [6.07, 6.45) is 0.871. The van der Waals surface area contributed by atoms with Crippen LogP contribution < -0.4 is 0 Å². The molecule has 1 aromatic rings. The highest BCUT2D eigenvalue weighted by Crippen LogP contribution is 2.06. The maximum Gasteiger partial charge on any atom is 0.221 e. The monoisotopic (exact) mass is 186 g/mol. The van der Waals surface area contributed by atoms with Crippen LogP contribution in [0, 0.1) is 5.82 Å². The van der Waals surface area contributed by atoms with Crippen molar-refractivity contribution in [3.8, 4) is 0 Å². The van der Waals surface area contributed by atoms with E-state index in [9.17, 15) is 9.18 Å². The lowest BCUT2D eigenvalue weighted by atomic mass is 10.1. The highest BCUT2D eigenvalue weighted by molar-refractivity contribution is 6.63. The van der Waals surface area contributed by atoms with E-state index in [1.165, 1.54) is 12.1 Å². The van der Waals surface area contributed by atoms with Gasteiger partial charge in [-0.3, -0.25) is 4.79 Å². The zero-order chi connectivity index (χ0) is 8.97. The number of halogens is 2. The first kappa shape index (κ1) is 9.20. The van der Waals surface area contributed by atoms with Crippen molar-refractivity contribution in [3.05, 3.63) is 35.6 Å². The second kappa shape index (κ2) is 4.21. The van der Waals surface area contributed by atoms with Crippen molar-refractivity contribution in [1.82, 2.24) is 0 Å². The van der Waals surface area contributed by atoms with E-state index in [0.717, 1.165) is 5.56 Å². The zero-order valence-electron chi connectivity index (χ0n) is 6.39. The highest BCUT2D eigenvalue weighted by atomic mass is 35.5. The Morgan fingerprint density at radius 2 is 1.92 bits per heavy atom. The number of rotatable bonds is 3. The molecule has 3 heteroatoms. The quantitative estimate of drug-likeness (QED) is 0.663. The third-order valence-corrected chi connectivity index (χ3v) is 1.71. The SMILES string of the molecule is O=C(Cl)CCc1ccc(F)cc1. The number of aryl methyl sites for hydroxylation is 1. The topological polar surface area (TPSA) is 17.1 Å². The number of hydrogen-bond acceptors (Lipinski definition) is 1. The number of benzene rings is 1. The molecule has 0 saturated heterocycles. The lowest BCUT2D eigenvalue weighted by Gasteiger charge is -1.96. The lowest BCUT2D eigenvalue weighted by molar-refractivity contribution is -0.111. The molecule has 0 aromatic heterocycles. The molecular formula is C9H8ClFO. The molecule has 0 amide bonds. The molecule has 0 heterocycles. The van der Waals surface area contributed by atoms with Crippen molar-refractivity contribution < 1.29 is 9.18 Å². The standard InChI is InChI=1S/C9H8ClFO/c10-9(12)6-3-7-1-4-8(11)5-2-7/h1-2,4-5H,3,6H2. The second-order valence-electron chi connectivity index (χ2n) is 2.48. The van der Waals surface area contributed by atoms with Gasteiger partial charge in [-0.15, -0.1) is 0 Å². The van der Waals surface area contributed by atoms with Gasteiger partial charge in [0.25, 0.3) is 0 Å². The third kappa shape index (κ3) is 3.01. The Balaban J connectivity index is 2.53. The second-order valence-corrected chi connectivity index (χ2v) is 2.90. The maximum atomic E-state index is 12.4. The van der Waals surface area contributed by atoms with Crippen molar-refractivity contribution in [3.63, 3.8) is 0 Å². The summed E-state index contributed by atoms with van der Waals surface area (Å²) in [6.45, 7) is 0. The molecule has 1 aromatic carbocycles. The molecule has 1 nitrogen and oxygen atoms in total. The van der Waals surface area contributed by atoms with Crippen LogP contribution in [0.2, 0.25) is 0 Å². The molecule has 0 atom stereocenters. The molecule has 1 rings (SSSR count). The van der Waals surface area contributed by atoms with E-state index < -0.39 is 0 Å². The van der Waals surface area contributed by atoms with Crippen LogP contribution in [-0.2, 0) is 11.2 Å². The Labute approximate surface area is 75.2 Å². The van der Waals surface area contributed by atoms with Crippen LogP contribution in [0.5, 0.6) is 0 Å². The van der Waals surface area contributed by atoms with Gasteiger partial charge in [-0.05, 0) is 35.7 Å². The summed E-state index contributed by atoms with van der Waals surface area (Å²) >= 11 is 5.15. The van der Waals surface area contributed by atoms with Crippen LogP contribution in [0.15, 0.2) is 24.3 Å². The van der Waals surface area contributed by atoms with E-state index in [0.29, 0.717) is 12.8 Å². The summed E-state index contributed by atoms with van der Waals surface area (Å²) in [5, 5.41) is -0.362. The van der Waals surface area contributed by atoms with Crippen LogP contribution >= 0.6 is 11.6 Å². The largest absolute Gasteiger partial charge is 0.281 e. The van der Waals surface area contributed by atoms with Crippen LogP contribution in [0.3, 0.4) is 0 Å². The van der Waals surface area contributed by atoms with Crippen molar-refractivity contribution in [1.29, 1.82) is 0 Å². The minimum absolute atomic E-state index is 0.268. The lowest BCUT2D eigenvalue weighted by Crippen LogP contribution is -1.91. The highest BCUT2D eigenvalue weighted by Gasteiger charge is 1.97. The minimum Gasteiger partial charge on any atom is -0.281 e. The Bertz CT molecular complexity index is 268. The number of carbonyl (C=O) groups is 1. The summed E-state index contributed by atoms with van der Waals surface area (Å²) < 4.78 is 12.4. The van der Waals surface area contributed by atoms with E-state index in [1.54, 1.807) is 12.1 Å². The fraction of sp³-hybridized carbons (Fsp3) is 0.222. The summed E-state index contributed by atoms with van der Waals surface area (Å²) in [4.78, 5) is 10.4. The van der Waals surface area contributed by atoms with Gasteiger partial charge < -0.3 is 0 Å². The molecule has 0 spiro atoms. The Kier molecular flexibility index (Phi) is 3.23. The van der Waals surface area contributed by atoms with Crippen LogP contribution in [0.25, 0.3) is 0 Å².